The monoisotopic (exact) mass is 264 g/mol. The third-order valence-corrected chi connectivity index (χ3v) is 3.40. The molecule has 4 nitrogen and oxygen atoms in total. The molecule has 0 fully saturated rings. The molecule has 0 bridgehead atoms. The maximum Gasteiger partial charge on any atom is 0.224 e. The Kier molecular flexibility index (Phi) is 6.36. The van der Waals surface area contributed by atoms with E-state index in [-0.39, 0.29) is 11.7 Å². The van der Waals surface area contributed by atoms with Gasteiger partial charge >= 0.3 is 0 Å². The van der Waals surface area contributed by atoms with Crippen LogP contribution in [0.25, 0.3) is 0 Å². The number of carbonyl (C=O) groups excluding carboxylic acids is 1. The van der Waals surface area contributed by atoms with E-state index >= 15 is 0 Å². The number of hydrogen-bond acceptors (Lipinski definition) is 3. The summed E-state index contributed by atoms with van der Waals surface area (Å²) in [6.45, 7) is 4.96. The molecule has 0 aliphatic rings. The Morgan fingerprint density at radius 3 is 2.58 bits per heavy atom. The van der Waals surface area contributed by atoms with Gasteiger partial charge < -0.3 is 16.2 Å². The second kappa shape index (κ2) is 7.79. The SMILES string of the molecule is CC(C)C(CCN)CCC(=O)Nc1ccccc1O. The predicted octanol–water partition coefficient (Wildman–Crippen LogP) is 2.73. The average molecular weight is 264 g/mol. The van der Waals surface area contributed by atoms with Crippen LogP contribution in [0.4, 0.5) is 5.69 Å². The van der Waals surface area contributed by atoms with Gasteiger partial charge in [0, 0.05) is 6.42 Å². The van der Waals surface area contributed by atoms with Crippen molar-refractivity contribution in [2.24, 2.45) is 17.6 Å². The van der Waals surface area contributed by atoms with E-state index in [1.54, 1.807) is 24.3 Å². The maximum atomic E-state index is 11.8. The van der Waals surface area contributed by atoms with Gasteiger partial charge in [-0.25, -0.2) is 0 Å². The summed E-state index contributed by atoms with van der Waals surface area (Å²) < 4.78 is 0. The largest absolute Gasteiger partial charge is 0.506 e. The lowest BCUT2D eigenvalue weighted by molar-refractivity contribution is -0.116. The van der Waals surface area contributed by atoms with Crippen LogP contribution < -0.4 is 11.1 Å². The van der Waals surface area contributed by atoms with Crippen molar-refractivity contribution < 1.29 is 9.90 Å². The van der Waals surface area contributed by atoms with Gasteiger partial charge in [-0.15, -0.1) is 0 Å². The van der Waals surface area contributed by atoms with Gasteiger partial charge in [0.25, 0.3) is 0 Å². The smallest absolute Gasteiger partial charge is 0.224 e. The summed E-state index contributed by atoms with van der Waals surface area (Å²) in [5.41, 5.74) is 6.05. The minimum atomic E-state index is -0.0656. The number of anilines is 1. The number of phenolic OH excluding ortho intramolecular Hbond substituents is 1. The molecule has 0 aromatic heterocycles. The first kappa shape index (κ1) is 15.5. The molecule has 1 rings (SSSR count). The molecule has 19 heavy (non-hydrogen) atoms. The van der Waals surface area contributed by atoms with Crippen LogP contribution in [-0.4, -0.2) is 17.6 Å². The number of nitrogens with one attached hydrogen (secondary N) is 1. The first-order chi connectivity index (χ1) is 9.04. The van der Waals surface area contributed by atoms with Crippen LogP contribution in [0.3, 0.4) is 0 Å². The Morgan fingerprint density at radius 2 is 2.00 bits per heavy atom. The average Bonchev–Trinajstić information content (AvgIpc) is 2.37. The lowest BCUT2D eigenvalue weighted by Gasteiger charge is -2.19. The number of phenols is 1. The van der Waals surface area contributed by atoms with E-state index in [9.17, 15) is 9.90 Å². The number of carbonyl (C=O) groups is 1. The van der Waals surface area contributed by atoms with E-state index < -0.39 is 0 Å². The standard InChI is InChI=1S/C15H24N2O2/c1-11(2)12(9-10-16)7-8-15(19)17-13-5-3-4-6-14(13)18/h3-6,11-12,18H,7-10,16H2,1-2H3,(H,17,19). The molecular formula is C15H24N2O2. The number of rotatable bonds is 7. The summed E-state index contributed by atoms with van der Waals surface area (Å²) in [6, 6.07) is 6.75. The zero-order valence-corrected chi connectivity index (χ0v) is 11.7. The van der Waals surface area contributed by atoms with E-state index in [0.717, 1.165) is 12.8 Å². The molecule has 0 aliphatic heterocycles. The van der Waals surface area contributed by atoms with Gasteiger partial charge in [-0.2, -0.15) is 0 Å². The lowest BCUT2D eigenvalue weighted by atomic mass is 9.88. The Labute approximate surface area is 115 Å². The van der Waals surface area contributed by atoms with Crippen molar-refractivity contribution in [1.82, 2.24) is 0 Å². The van der Waals surface area contributed by atoms with Crippen LogP contribution in [0.2, 0.25) is 0 Å². The molecule has 0 saturated heterocycles. The van der Waals surface area contributed by atoms with Crippen LogP contribution >= 0.6 is 0 Å². The molecule has 1 atom stereocenters. The third-order valence-electron chi connectivity index (χ3n) is 3.40. The fourth-order valence-corrected chi connectivity index (χ4v) is 2.13. The zero-order chi connectivity index (χ0) is 14.3. The topological polar surface area (TPSA) is 75.4 Å². The highest BCUT2D eigenvalue weighted by Gasteiger charge is 2.14. The molecule has 106 valence electrons. The zero-order valence-electron chi connectivity index (χ0n) is 11.7. The van der Waals surface area contributed by atoms with Crippen molar-refractivity contribution in [3.05, 3.63) is 24.3 Å². The van der Waals surface area contributed by atoms with E-state index in [1.807, 2.05) is 0 Å². The van der Waals surface area contributed by atoms with E-state index in [4.69, 9.17) is 5.73 Å². The predicted molar refractivity (Wildman–Crippen MR) is 78.0 cm³/mol. The first-order valence-electron chi connectivity index (χ1n) is 6.82. The van der Waals surface area contributed by atoms with Crippen molar-refractivity contribution in [2.45, 2.75) is 33.1 Å². The van der Waals surface area contributed by atoms with Crippen molar-refractivity contribution in [3.63, 3.8) is 0 Å². The summed E-state index contributed by atoms with van der Waals surface area (Å²) in [5.74, 6) is 1.03. The maximum absolute atomic E-state index is 11.8. The van der Waals surface area contributed by atoms with Gasteiger partial charge in [0.05, 0.1) is 5.69 Å². The summed E-state index contributed by atoms with van der Waals surface area (Å²) in [5, 5.41) is 12.3. The Morgan fingerprint density at radius 1 is 1.32 bits per heavy atom. The number of nitrogens with two attached hydrogens (primary N) is 1. The molecule has 1 unspecified atom stereocenters. The summed E-state index contributed by atoms with van der Waals surface area (Å²) in [4.78, 5) is 11.8. The molecule has 4 heteroatoms. The van der Waals surface area contributed by atoms with E-state index in [1.165, 1.54) is 0 Å². The number of hydrogen-bond donors (Lipinski definition) is 3. The van der Waals surface area contributed by atoms with Crippen LogP contribution in [0.5, 0.6) is 5.75 Å². The van der Waals surface area contributed by atoms with Crippen LogP contribution in [0.15, 0.2) is 24.3 Å². The van der Waals surface area contributed by atoms with Crippen LogP contribution in [0, 0.1) is 11.8 Å². The third kappa shape index (κ3) is 5.30. The highest BCUT2D eigenvalue weighted by Crippen LogP contribution is 2.23. The second-order valence-electron chi connectivity index (χ2n) is 5.19. The Bertz CT molecular complexity index is 405. The van der Waals surface area contributed by atoms with Crippen molar-refractivity contribution in [3.8, 4) is 5.75 Å². The van der Waals surface area contributed by atoms with Gasteiger partial charge in [-0.1, -0.05) is 26.0 Å². The fraction of sp³-hybridized carbons (Fsp3) is 0.533. The summed E-state index contributed by atoms with van der Waals surface area (Å²) >= 11 is 0. The second-order valence-corrected chi connectivity index (χ2v) is 5.19. The minimum absolute atomic E-state index is 0.0656. The molecule has 0 heterocycles. The number of amides is 1. The van der Waals surface area contributed by atoms with Crippen molar-refractivity contribution in [1.29, 1.82) is 0 Å². The highest BCUT2D eigenvalue weighted by molar-refractivity contribution is 5.92. The molecule has 0 radical (unpaired) electrons. The molecular weight excluding hydrogens is 240 g/mol. The summed E-state index contributed by atoms with van der Waals surface area (Å²) in [6.07, 6.45) is 2.23. The highest BCUT2D eigenvalue weighted by atomic mass is 16.3. The van der Waals surface area contributed by atoms with Gasteiger partial charge in [0.1, 0.15) is 5.75 Å². The molecule has 0 spiro atoms. The lowest BCUT2D eigenvalue weighted by Crippen LogP contribution is -2.18. The molecule has 0 aliphatic carbocycles. The molecule has 1 aromatic carbocycles. The van der Waals surface area contributed by atoms with Crippen molar-refractivity contribution in [2.75, 3.05) is 11.9 Å². The molecule has 0 saturated carbocycles. The summed E-state index contributed by atoms with van der Waals surface area (Å²) in [7, 11) is 0. The molecule has 1 aromatic rings. The fourth-order valence-electron chi connectivity index (χ4n) is 2.13. The normalized spacial score (nSPS) is 12.4. The van der Waals surface area contributed by atoms with E-state index in [0.29, 0.717) is 30.5 Å². The number of aromatic hydroxyl groups is 1. The number of benzene rings is 1. The first-order valence-corrected chi connectivity index (χ1v) is 6.82. The van der Waals surface area contributed by atoms with E-state index in [2.05, 4.69) is 19.2 Å². The molecule has 4 N–H and O–H groups in total. The van der Waals surface area contributed by atoms with Gasteiger partial charge in [-0.05, 0) is 43.4 Å². The van der Waals surface area contributed by atoms with Crippen LogP contribution in [0.1, 0.15) is 33.1 Å². The number of para-hydroxylation sites is 2. The van der Waals surface area contributed by atoms with Gasteiger partial charge in [-0.3, -0.25) is 4.79 Å². The molecule has 1 amide bonds. The van der Waals surface area contributed by atoms with Gasteiger partial charge in [0.15, 0.2) is 0 Å². The Balaban J connectivity index is 2.45. The Hall–Kier alpha value is -1.55. The minimum Gasteiger partial charge on any atom is -0.506 e. The van der Waals surface area contributed by atoms with Gasteiger partial charge in [0.2, 0.25) is 5.91 Å². The van der Waals surface area contributed by atoms with Crippen LogP contribution in [-0.2, 0) is 4.79 Å². The quantitative estimate of drug-likeness (QED) is 0.663. The van der Waals surface area contributed by atoms with Crippen molar-refractivity contribution >= 4 is 11.6 Å².